The summed E-state index contributed by atoms with van der Waals surface area (Å²) in [6, 6.07) is 0. The molecule has 1 heteroatoms. The molecular formula is C12H18O. The number of carbonyl (C=O) groups excluding carboxylic acids is 1. The molecule has 1 fully saturated rings. The molecular weight excluding hydrogens is 160 g/mol. The second kappa shape index (κ2) is 2.26. The van der Waals surface area contributed by atoms with E-state index < -0.39 is 0 Å². The molecule has 0 N–H and O–H groups in total. The molecule has 0 heterocycles. The van der Waals surface area contributed by atoms with Crippen LogP contribution in [0.3, 0.4) is 0 Å². The molecule has 0 aromatic carbocycles. The van der Waals surface area contributed by atoms with Crippen LogP contribution >= 0.6 is 0 Å². The molecule has 2 rings (SSSR count). The molecule has 2 aliphatic carbocycles. The van der Waals surface area contributed by atoms with Gasteiger partial charge in [-0.15, -0.1) is 0 Å². The highest BCUT2D eigenvalue weighted by Gasteiger charge is 2.63. The van der Waals surface area contributed by atoms with Gasteiger partial charge in [-0.05, 0) is 29.7 Å². The minimum absolute atomic E-state index is 0.112. The predicted octanol–water partition coefficient (Wildman–Crippen LogP) is 2.81. The van der Waals surface area contributed by atoms with Gasteiger partial charge in [0.15, 0.2) is 5.78 Å². The smallest absolute Gasteiger partial charge is 0.161 e. The van der Waals surface area contributed by atoms with E-state index in [1.807, 2.05) is 6.08 Å². The largest absolute Gasteiger partial charge is 0.294 e. The Balaban J connectivity index is 2.36. The molecule has 0 spiro atoms. The van der Waals surface area contributed by atoms with Crippen molar-refractivity contribution in [1.82, 2.24) is 0 Å². The molecule has 1 unspecified atom stereocenters. The van der Waals surface area contributed by atoms with Crippen LogP contribution in [0.2, 0.25) is 0 Å². The van der Waals surface area contributed by atoms with Gasteiger partial charge in [0.1, 0.15) is 0 Å². The first-order valence-electron chi connectivity index (χ1n) is 5.15. The topological polar surface area (TPSA) is 17.1 Å². The predicted molar refractivity (Wildman–Crippen MR) is 53.3 cm³/mol. The number of ketones is 1. The zero-order chi connectivity index (χ0) is 9.85. The first kappa shape index (κ1) is 8.98. The van der Waals surface area contributed by atoms with E-state index in [1.54, 1.807) is 0 Å². The maximum Gasteiger partial charge on any atom is 0.161 e. The van der Waals surface area contributed by atoms with Gasteiger partial charge in [0, 0.05) is 5.41 Å². The Bertz CT molecular complexity index is 285. The van der Waals surface area contributed by atoms with Crippen molar-refractivity contribution < 1.29 is 4.79 Å². The molecule has 0 aromatic heterocycles. The Morgan fingerprint density at radius 2 is 2.08 bits per heavy atom. The van der Waals surface area contributed by atoms with E-state index >= 15 is 0 Å². The van der Waals surface area contributed by atoms with Gasteiger partial charge in [0.25, 0.3) is 0 Å². The second-order valence-corrected chi connectivity index (χ2v) is 5.44. The van der Waals surface area contributed by atoms with Crippen LogP contribution < -0.4 is 0 Å². The van der Waals surface area contributed by atoms with E-state index in [9.17, 15) is 4.79 Å². The summed E-state index contributed by atoms with van der Waals surface area (Å²) in [5.74, 6) is 1.57. The molecule has 0 aromatic rings. The Kier molecular flexibility index (Phi) is 1.56. The van der Waals surface area contributed by atoms with Crippen molar-refractivity contribution >= 4 is 5.78 Å². The molecule has 0 aliphatic heterocycles. The summed E-state index contributed by atoms with van der Waals surface area (Å²) in [5.41, 5.74) is 0.246. The summed E-state index contributed by atoms with van der Waals surface area (Å²) in [7, 11) is 0. The van der Waals surface area contributed by atoms with Gasteiger partial charge < -0.3 is 0 Å². The van der Waals surface area contributed by atoms with E-state index in [4.69, 9.17) is 0 Å². The third-order valence-electron chi connectivity index (χ3n) is 4.17. The van der Waals surface area contributed by atoms with Gasteiger partial charge in [-0.2, -0.15) is 0 Å². The van der Waals surface area contributed by atoms with Crippen LogP contribution in [0.1, 0.15) is 34.1 Å². The standard InChI is InChI=1S/C12H18O/c1-8(2)12-6-5-10(13)11(3,4)9(12)7-12/h5-6,8-9H,7H2,1-4H3/t9?,12-/m1/s1. The summed E-state index contributed by atoms with van der Waals surface area (Å²) in [6.45, 7) is 8.70. The van der Waals surface area contributed by atoms with E-state index in [0.717, 1.165) is 0 Å². The molecule has 2 aliphatic rings. The summed E-state index contributed by atoms with van der Waals surface area (Å²) in [4.78, 5) is 11.6. The number of hydrogen-bond acceptors (Lipinski definition) is 1. The van der Waals surface area contributed by atoms with E-state index in [1.165, 1.54) is 6.42 Å². The van der Waals surface area contributed by atoms with Crippen LogP contribution in [0, 0.1) is 22.7 Å². The Labute approximate surface area is 80.2 Å². The Hall–Kier alpha value is -0.590. The fourth-order valence-electron chi connectivity index (χ4n) is 2.85. The number of fused-ring (bicyclic) bond motifs is 1. The average molecular weight is 178 g/mol. The van der Waals surface area contributed by atoms with Crippen LogP contribution in [0.5, 0.6) is 0 Å². The SMILES string of the molecule is CC(C)[C@]12C=CC(=O)C(C)(C)C1C2. The lowest BCUT2D eigenvalue weighted by atomic mass is 9.72. The van der Waals surface area contributed by atoms with Gasteiger partial charge in [-0.1, -0.05) is 33.8 Å². The minimum Gasteiger partial charge on any atom is -0.294 e. The first-order valence-corrected chi connectivity index (χ1v) is 5.15. The van der Waals surface area contributed by atoms with Crippen molar-refractivity contribution in [3.8, 4) is 0 Å². The van der Waals surface area contributed by atoms with E-state index in [2.05, 4.69) is 33.8 Å². The molecule has 0 saturated heterocycles. The molecule has 1 saturated carbocycles. The van der Waals surface area contributed by atoms with Crippen molar-refractivity contribution in [3.63, 3.8) is 0 Å². The summed E-state index contributed by atoms with van der Waals surface area (Å²) in [5, 5.41) is 0. The molecule has 72 valence electrons. The summed E-state index contributed by atoms with van der Waals surface area (Å²) < 4.78 is 0. The fraction of sp³-hybridized carbons (Fsp3) is 0.750. The second-order valence-electron chi connectivity index (χ2n) is 5.44. The van der Waals surface area contributed by atoms with Crippen LogP contribution in [-0.2, 0) is 4.79 Å². The molecule has 0 radical (unpaired) electrons. The highest BCUT2D eigenvalue weighted by molar-refractivity contribution is 5.96. The van der Waals surface area contributed by atoms with Gasteiger partial charge in [0.05, 0.1) is 0 Å². The lowest BCUT2D eigenvalue weighted by Crippen LogP contribution is -2.32. The van der Waals surface area contributed by atoms with Gasteiger partial charge in [0.2, 0.25) is 0 Å². The monoisotopic (exact) mass is 178 g/mol. The normalized spacial score (nSPS) is 40.7. The zero-order valence-electron chi connectivity index (χ0n) is 8.92. The lowest BCUT2D eigenvalue weighted by Gasteiger charge is -2.31. The van der Waals surface area contributed by atoms with Gasteiger partial charge in [-0.3, -0.25) is 4.79 Å². The number of rotatable bonds is 1. The van der Waals surface area contributed by atoms with Crippen molar-refractivity contribution in [1.29, 1.82) is 0 Å². The Morgan fingerprint density at radius 3 is 2.62 bits per heavy atom. The van der Waals surface area contributed by atoms with Crippen LogP contribution in [0.15, 0.2) is 12.2 Å². The van der Waals surface area contributed by atoms with E-state index in [0.29, 0.717) is 23.0 Å². The molecule has 1 nitrogen and oxygen atoms in total. The average Bonchev–Trinajstić information content (AvgIpc) is 2.75. The maximum absolute atomic E-state index is 11.6. The molecule has 0 bridgehead atoms. The van der Waals surface area contributed by atoms with Crippen LogP contribution in [-0.4, -0.2) is 5.78 Å². The minimum atomic E-state index is -0.112. The third-order valence-corrected chi connectivity index (χ3v) is 4.17. The van der Waals surface area contributed by atoms with E-state index in [-0.39, 0.29) is 5.41 Å². The first-order chi connectivity index (χ1) is 5.91. The van der Waals surface area contributed by atoms with Crippen molar-refractivity contribution in [2.45, 2.75) is 34.1 Å². The van der Waals surface area contributed by atoms with Crippen LogP contribution in [0.25, 0.3) is 0 Å². The van der Waals surface area contributed by atoms with Crippen molar-refractivity contribution in [2.24, 2.45) is 22.7 Å². The number of hydrogen-bond donors (Lipinski definition) is 0. The maximum atomic E-state index is 11.6. The van der Waals surface area contributed by atoms with Gasteiger partial charge >= 0.3 is 0 Å². The molecule has 2 atom stereocenters. The highest BCUT2D eigenvalue weighted by atomic mass is 16.1. The summed E-state index contributed by atoms with van der Waals surface area (Å²) >= 11 is 0. The van der Waals surface area contributed by atoms with Gasteiger partial charge in [-0.25, -0.2) is 0 Å². The highest BCUT2D eigenvalue weighted by Crippen LogP contribution is 2.67. The van der Waals surface area contributed by atoms with Crippen molar-refractivity contribution in [3.05, 3.63) is 12.2 Å². The van der Waals surface area contributed by atoms with Crippen molar-refractivity contribution in [2.75, 3.05) is 0 Å². The zero-order valence-corrected chi connectivity index (χ0v) is 8.92. The summed E-state index contributed by atoms with van der Waals surface area (Å²) in [6.07, 6.45) is 5.18. The molecule has 13 heavy (non-hydrogen) atoms. The quantitative estimate of drug-likeness (QED) is 0.603. The molecule has 0 amide bonds. The number of carbonyl (C=O) groups is 1. The van der Waals surface area contributed by atoms with Crippen LogP contribution in [0.4, 0.5) is 0 Å². The third kappa shape index (κ3) is 0.962. The fourth-order valence-corrected chi connectivity index (χ4v) is 2.85. The Morgan fingerprint density at radius 1 is 1.46 bits per heavy atom. The lowest BCUT2D eigenvalue weighted by molar-refractivity contribution is -0.124. The number of allylic oxidation sites excluding steroid dienone is 2.